The highest BCUT2D eigenvalue weighted by Gasteiger charge is 2.32. The predicted octanol–water partition coefficient (Wildman–Crippen LogP) is 1.48. The van der Waals surface area contributed by atoms with E-state index >= 15 is 0 Å². The summed E-state index contributed by atoms with van der Waals surface area (Å²) in [6.45, 7) is 0.510. The van der Waals surface area contributed by atoms with E-state index in [4.69, 9.17) is 5.73 Å². The average molecular weight is 248 g/mol. The first-order valence-electron chi connectivity index (χ1n) is 6.36. The van der Waals surface area contributed by atoms with E-state index in [-0.39, 0.29) is 23.6 Å². The van der Waals surface area contributed by atoms with Crippen LogP contribution in [0.4, 0.5) is 0 Å². The monoisotopic (exact) mass is 248 g/mol. The van der Waals surface area contributed by atoms with Gasteiger partial charge in [-0.1, -0.05) is 18.6 Å². The SMILES string of the molecule is CN(Cc1cccc(O)c1)C(=O)C1CCCC1N. The molecule has 0 saturated heterocycles. The van der Waals surface area contributed by atoms with Crippen LogP contribution in [0.2, 0.25) is 0 Å². The van der Waals surface area contributed by atoms with Crippen molar-refractivity contribution < 1.29 is 9.90 Å². The fourth-order valence-corrected chi connectivity index (χ4v) is 2.59. The summed E-state index contributed by atoms with van der Waals surface area (Å²) in [5.74, 6) is 0.307. The van der Waals surface area contributed by atoms with Crippen LogP contribution in [0.1, 0.15) is 24.8 Å². The number of aromatic hydroxyl groups is 1. The number of hydrogen-bond donors (Lipinski definition) is 2. The normalized spacial score (nSPS) is 23.0. The van der Waals surface area contributed by atoms with Crippen LogP contribution in [-0.4, -0.2) is 29.0 Å². The van der Waals surface area contributed by atoms with Gasteiger partial charge in [0.05, 0.1) is 5.92 Å². The van der Waals surface area contributed by atoms with E-state index in [1.54, 1.807) is 30.1 Å². The molecule has 1 fully saturated rings. The first-order valence-corrected chi connectivity index (χ1v) is 6.36. The highest BCUT2D eigenvalue weighted by molar-refractivity contribution is 5.79. The minimum absolute atomic E-state index is 0.00382. The zero-order valence-corrected chi connectivity index (χ0v) is 10.7. The van der Waals surface area contributed by atoms with Gasteiger partial charge in [0.15, 0.2) is 0 Å². The summed E-state index contributed by atoms with van der Waals surface area (Å²) >= 11 is 0. The summed E-state index contributed by atoms with van der Waals surface area (Å²) in [7, 11) is 1.79. The lowest BCUT2D eigenvalue weighted by molar-refractivity contribution is -0.134. The number of benzene rings is 1. The second-order valence-electron chi connectivity index (χ2n) is 5.07. The topological polar surface area (TPSA) is 66.6 Å². The van der Waals surface area contributed by atoms with Gasteiger partial charge in [0.25, 0.3) is 0 Å². The molecule has 2 unspecified atom stereocenters. The number of nitrogens with two attached hydrogens (primary N) is 1. The van der Waals surface area contributed by atoms with Crippen molar-refractivity contribution in [2.24, 2.45) is 11.7 Å². The van der Waals surface area contributed by atoms with Crippen LogP contribution in [0.3, 0.4) is 0 Å². The Morgan fingerprint density at radius 1 is 1.50 bits per heavy atom. The van der Waals surface area contributed by atoms with Crippen molar-refractivity contribution in [1.29, 1.82) is 0 Å². The maximum Gasteiger partial charge on any atom is 0.227 e. The number of phenols is 1. The minimum atomic E-state index is -0.0349. The Kier molecular flexibility index (Phi) is 3.87. The summed E-state index contributed by atoms with van der Waals surface area (Å²) in [6, 6.07) is 6.99. The smallest absolute Gasteiger partial charge is 0.227 e. The minimum Gasteiger partial charge on any atom is -0.508 e. The number of phenolic OH excluding ortho intramolecular Hbond substituents is 1. The number of carbonyl (C=O) groups is 1. The lowest BCUT2D eigenvalue weighted by Crippen LogP contribution is -2.39. The van der Waals surface area contributed by atoms with Gasteiger partial charge in [-0.15, -0.1) is 0 Å². The molecule has 1 aromatic rings. The highest BCUT2D eigenvalue weighted by Crippen LogP contribution is 2.26. The Bertz CT molecular complexity index is 434. The Balaban J connectivity index is 1.99. The van der Waals surface area contributed by atoms with Crippen LogP contribution in [0.25, 0.3) is 0 Å². The van der Waals surface area contributed by atoms with E-state index in [1.165, 1.54) is 0 Å². The fourth-order valence-electron chi connectivity index (χ4n) is 2.59. The van der Waals surface area contributed by atoms with Crippen molar-refractivity contribution in [1.82, 2.24) is 4.90 Å². The van der Waals surface area contributed by atoms with E-state index in [0.29, 0.717) is 6.54 Å². The van der Waals surface area contributed by atoms with E-state index in [2.05, 4.69) is 0 Å². The summed E-state index contributed by atoms with van der Waals surface area (Å²) in [6.07, 6.45) is 2.87. The van der Waals surface area contributed by atoms with Crippen LogP contribution >= 0.6 is 0 Å². The first-order chi connectivity index (χ1) is 8.58. The van der Waals surface area contributed by atoms with E-state index in [1.807, 2.05) is 6.07 Å². The molecule has 1 aliphatic rings. The van der Waals surface area contributed by atoms with Gasteiger partial charge in [0.1, 0.15) is 5.75 Å². The maximum absolute atomic E-state index is 12.2. The van der Waals surface area contributed by atoms with Gasteiger partial charge in [-0.2, -0.15) is 0 Å². The van der Waals surface area contributed by atoms with Gasteiger partial charge < -0.3 is 15.7 Å². The van der Waals surface area contributed by atoms with Gasteiger partial charge in [-0.05, 0) is 30.5 Å². The third-order valence-electron chi connectivity index (χ3n) is 3.59. The van der Waals surface area contributed by atoms with Gasteiger partial charge in [-0.3, -0.25) is 4.79 Å². The largest absolute Gasteiger partial charge is 0.508 e. The Morgan fingerprint density at radius 3 is 2.89 bits per heavy atom. The quantitative estimate of drug-likeness (QED) is 0.851. The van der Waals surface area contributed by atoms with Crippen molar-refractivity contribution >= 4 is 5.91 Å². The number of carbonyl (C=O) groups excluding carboxylic acids is 1. The molecule has 0 aromatic heterocycles. The van der Waals surface area contributed by atoms with Crippen LogP contribution in [0, 0.1) is 5.92 Å². The molecular weight excluding hydrogens is 228 g/mol. The molecular formula is C14H20N2O2. The maximum atomic E-state index is 12.2. The summed E-state index contributed by atoms with van der Waals surface area (Å²) in [5.41, 5.74) is 6.88. The van der Waals surface area contributed by atoms with Crippen molar-refractivity contribution in [2.75, 3.05) is 7.05 Å². The van der Waals surface area contributed by atoms with Crippen LogP contribution < -0.4 is 5.73 Å². The van der Waals surface area contributed by atoms with E-state index < -0.39 is 0 Å². The summed E-state index contributed by atoms with van der Waals surface area (Å²) in [4.78, 5) is 13.9. The molecule has 0 spiro atoms. The molecule has 0 radical (unpaired) electrons. The van der Waals surface area contributed by atoms with Crippen molar-refractivity contribution in [2.45, 2.75) is 31.8 Å². The molecule has 2 atom stereocenters. The molecule has 18 heavy (non-hydrogen) atoms. The Morgan fingerprint density at radius 2 is 2.28 bits per heavy atom. The average Bonchev–Trinajstić information content (AvgIpc) is 2.74. The molecule has 2 rings (SSSR count). The molecule has 4 nitrogen and oxygen atoms in total. The van der Waals surface area contributed by atoms with Gasteiger partial charge in [-0.25, -0.2) is 0 Å². The molecule has 0 heterocycles. The second-order valence-corrected chi connectivity index (χ2v) is 5.07. The molecule has 1 aliphatic carbocycles. The van der Waals surface area contributed by atoms with E-state index in [0.717, 1.165) is 24.8 Å². The lowest BCUT2D eigenvalue weighted by Gasteiger charge is -2.23. The first kappa shape index (κ1) is 12.9. The number of amides is 1. The van der Waals surface area contributed by atoms with E-state index in [9.17, 15) is 9.90 Å². The number of rotatable bonds is 3. The van der Waals surface area contributed by atoms with Crippen LogP contribution in [0.5, 0.6) is 5.75 Å². The molecule has 1 saturated carbocycles. The fraction of sp³-hybridized carbons (Fsp3) is 0.500. The Hall–Kier alpha value is -1.55. The van der Waals surface area contributed by atoms with Crippen molar-refractivity contribution in [3.8, 4) is 5.75 Å². The molecule has 0 bridgehead atoms. The van der Waals surface area contributed by atoms with Gasteiger partial charge in [0.2, 0.25) is 5.91 Å². The predicted molar refractivity (Wildman–Crippen MR) is 69.9 cm³/mol. The van der Waals surface area contributed by atoms with Crippen LogP contribution in [-0.2, 0) is 11.3 Å². The third-order valence-corrected chi connectivity index (χ3v) is 3.59. The zero-order valence-electron chi connectivity index (χ0n) is 10.7. The van der Waals surface area contributed by atoms with Crippen LogP contribution in [0.15, 0.2) is 24.3 Å². The number of nitrogens with zero attached hydrogens (tertiary/aromatic N) is 1. The molecule has 1 amide bonds. The van der Waals surface area contributed by atoms with Crippen molar-refractivity contribution in [3.05, 3.63) is 29.8 Å². The molecule has 4 heteroatoms. The van der Waals surface area contributed by atoms with Gasteiger partial charge in [0, 0.05) is 19.6 Å². The zero-order chi connectivity index (χ0) is 13.1. The summed E-state index contributed by atoms with van der Waals surface area (Å²) in [5, 5.41) is 9.39. The third kappa shape index (κ3) is 2.82. The standard InChI is InChI=1S/C14H20N2O2/c1-16(9-10-4-2-5-11(17)8-10)14(18)12-6-3-7-13(12)15/h2,4-5,8,12-13,17H,3,6-7,9,15H2,1H3. The molecule has 3 N–H and O–H groups in total. The van der Waals surface area contributed by atoms with Crippen molar-refractivity contribution in [3.63, 3.8) is 0 Å². The Labute approximate surface area is 107 Å². The van der Waals surface area contributed by atoms with Gasteiger partial charge >= 0.3 is 0 Å². The lowest BCUT2D eigenvalue weighted by atomic mass is 10.0. The molecule has 0 aliphatic heterocycles. The highest BCUT2D eigenvalue weighted by atomic mass is 16.3. The number of hydrogen-bond acceptors (Lipinski definition) is 3. The summed E-state index contributed by atoms with van der Waals surface area (Å²) < 4.78 is 0. The molecule has 1 aromatic carbocycles. The molecule has 98 valence electrons. The second kappa shape index (κ2) is 5.40.